The highest BCUT2D eigenvalue weighted by molar-refractivity contribution is 6.00. The first-order valence-corrected chi connectivity index (χ1v) is 12.7. The van der Waals surface area contributed by atoms with Gasteiger partial charge in [0.25, 0.3) is 5.91 Å². The van der Waals surface area contributed by atoms with Crippen molar-refractivity contribution in [2.24, 2.45) is 5.92 Å². The summed E-state index contributed by atoms with van der Waals surface area (Å²) in [5, 5.41) is 6.29. The predicted octanol–water partition coefficient (Wildman–Crippen LogP) is 2.50. The highest BCUT2D eigenvalue weighted by Crippen LogP contribution is 2.35. The smallest absolute Gasteiger partial charge is 0.257 e. The van der Waals surface area contributed by atoms with Gasteiger partial charge in [-0.05, 0) is 44.8 Å². The predicted molar refractivity (Wildman–Crippen MR) is 134 cm³/mol. The molecule has 1 saturated heterocycles. The van der Waals surface area contributed by atoms with Crippen molar-refractivity contribution in [1.29, 1.82) is 0 Å². The number of carbonyl (C=O) groups is 2. The summed E-state index contributed by atoms with van der Waals surface area (Å²) in [6.45, 7) is 11.2. The molecule has 1 aromatic carbocycles. The van der Waals surface area contributed by atoms with Crippen LogP contribution in [-0.4, -0.2) is 59.8 Å². The number of ether oxygens (including phenoxy) is 2. The normalized spacial score (nSPS) is 19.0. The minimum Gasteiger partial charge on any atom is -0.454 e. The zero-order chi connectivity index (χ0) is 25.1. The monoisotopic (exact) mass is 484 g/mol. The Balaban J connectivity index is 1.57. The number of aryl methyl sites for hydroxylation is 1. The van der Waals surface area contributed by atoms with E-state index in [4.69, 9.17) is 9.47 Å². The van der Waals surface area contributed by atoms with Crippen molar-refractivity contribution < 1.29 is 19.1 Å². The number of benzene rings is 1. The summed E-state index contributed by atoms with van der Waals surface area (Å²) in [4.78, 5) is 42.2. The maximum absolute atomic E-state index is 13.3. The minimum atomic E-state index is -0.731. The molecule has 0 saturated carbocycles. The third-order valence-corrected chi connectivity index (χ3v) is 7.36. The molecule has 0 aliphatic carbocycles. The summed E-state index contributed by atoms with van der Waals surface area (Å²) in [6, 6.07) is 2.99. The van der Waals surface area contributed by atoms with E-state index in [1.165, 1.54) is 0 Å². The van der Waals surface area contributed by atoms with Crippen molar-refractivity contribution in [3.8, 4) is 11.5 Å². The quantitative estimate of drug-likeness (QED) is 0.567. The Hall–Kier alpha value is -3.07. The molecule has 0 unspecified atom stereocenters. The summed E-state index contributed by atoms with van der Waals surface area (Å²) < 4.78 is 12.7. The van der Waals surface area contributed by atoms with E-state index in [-0.39, 0.29) is 24.2 Å². The van der Waals surface area contributed by atoms with Crippen LogP contribution in [0.4, 0.5) is 0 Å². The van der Waals surface area contributed by atoms with Crippen molar-refractivity contribution in [3.63, 3.8) is 0 Å². The van der Waals surface area contributed by atoms with Crippen molar-refractivity contribution in [2.45, 2.75) is 65.6 Å². The molecule has 2 amide bonds. The van der Waals surface area contributed by atoms with E-state index in [1.54, 1.807) is 18.3 Å². The van der Waals surface area contributed by atoms with Gasteiger partial charge in [-0.2, -0.15) is 0 Å². The molecule has 2 N–H and O–H groups in total. The maximum atomic E-state index is 13.3. The van der Waals surface area contributed by atoms with Crippen LogP contribution < -0.4 is 25.5 Å². The van der Waals surface area contributed by atoms with E-state index in [1.807, 2.05) is 25.3 Å². The number of rotatable bonds is 9. The zero-order valence-electron chi connectivity index (χ0n) is 21.1. The van der Waals surface area contributed by atoms with Crippen molar-refractivity contribution >= 4 is 22.7 Å². The Bertz CT molecular complexity index is 1160. The number of nitrogens with zero attached hydrogens (tertiary/aromatic N) is 2. The standard InChI is InChI=1S/C26H36N4O5/c1-5-16(4)23(26(33)27-13-17-9-8-10-29(17)6-2)28-25(32)19-14-30(7-3)20-12-22-21(34-15-35-22)11-18(20)24(19)31/h11-12,14,16-17,23H,5-10,13,15H2,1-4H3,(H,27,33)(H,28,32)/t16-,17-,23+/m1/s1. The number of aromatic nitrogens is 1. The molecule has 35 heavy (non-hydrogen) atoms. The van der Waals surface area contributed by atoms with Gasteiger partial charge in [-0.15, -0.1) is 0 Å². The van der Waals surface area contributed by atoms with Gasteiger partial charge >= 0.3 is 0 Å². The van der Waals surface area contributed by atoms with Crippen molar-refractivity contribution in [1.82, 2.24) is 20.1 Å². The third kappa shape index (κ3) is 5.00. The van der Waals surface area contributed by atoms with E-state index in [0.717, 1.165) is 25.9 Å². The maximum Gasteiger partial charge on any atom is 0.257 e. The van der Waals surface area contributed by atoms with Gasteiger partial charge < -0.3 is 24.7 Å². The third-order valence-electron chi connectivity index (χ3n) is 7.36. The SMILES string of the molecule is CC[C@@H](C)[C@H](NC(=O)c1cn(CC)c2cc3c(cc2c1=O)OCO3)C(=O)NC[C@H]1CCCN1CC. The first-order valence-electron chi connectivity index (χ1n) is 12.7. The van der Waals surface area contributed by atoms with Crippen LogP contribution in [0.15, 0.2) is 23.1 Å². The van der Waals surface area contributed by atoms with E-state index < -0.39 is 17.4 Å². The summed E-state index contributed by atoms with van der Waals surface area (Å²) >= 11 is 0. The Labute approximate surface area is 205 Å². The highest BCUT2D eigenvalue weighted by atomic mass is 16.7. The molecule has 190 valence electrons. The van der Waals surface area contributed by atoms with Crippen LogP contribution in [0.5, 0.6) is 11.5 Å². The second kappa shape index (κ2) is 10.7. The fourth-order valence-electron chi connectivity index (χ4n) is 5.00. The molecule has 0 spiro atoms. The lowest BCUT2D eigenvalue weighted by Crippen LogP contribution is -2.52. The average molecular weight is 485 g/mol. The number of pyridine rings is 1. The fraction of sp³-hybridized carbons (Fsp3) is 0.577. The van der Waals surface area contributed by atoms with Crippen LogP contribution in [0.25, 0.3) is 10.9 Å². The van der Waals surface area contributed by atoms with E-state index in [9.17, 15) is 14.4 Å². The van der Waals surface area contributed by atoms with Crippen molar-refractivity contribution in [2.75, 3.05) is 26.4 Å². The number of hydrogen-bond donors (Lipinski definition) is 2. The van der Waals surface area contributed by atoms with Gasteiger partial charge in [0.1, 0.15) is 11.6 Å². The molecule has 4 rings (SSSR count). The molecule has 1 aromatic heterocycles. The van der Waals surface area contributed by atoms with E-state index in [0.29, 0.717) is 48.0 Å². The van der Waals surface area contributed by atoms with Crippen LogP contribution in [-0.2, 0) is 11.3 Å². The molecular weight excluding hydrogens is 448 g/mol. The van der Waals surface area contributed by atoms with Crippen LogP contribution in [0.1, 0.15) is 57.3 Å². The molecule has 3 atom stereocenters. The molecule has 9 heteroatoms. The molecule has 3 heterocycles. The number of nitrogens with one attached hydrogen (secondary N) is 2. The molecule has 2 aliphatic heterocycles. The molecule has 0 radical (unpaired) electrons. The van der Waals surface area contributed by atoms with E-state index in [2.05, 4.69) is 22.5 Å². The first kappa shape index (κ1) is 25.0. The lowest BCUT2D eigenvalue weighted by Gasteiger charge is -2.27. The number of likely N-dealkylation sites (tertiary alicyclic amines) is 1. The van der Waals surface area contributed by atoms with Gasteiger partial charge in [-0.3, -0.25) is 19.3 Å². The van der Waals surface area contributed by atoms with Gasteiger partial charge in [0.2, 0.25) is 18.1 Å². The number of hydrogen-bond acceptors (Lipinski definition) is 6. The van der Waals surface area contributed by atoms with Crippen molar-refractivity contribution in [3.05, 3.63) is 34.1 Å². The second-order valence-electron chi connectivity index (χ2n) is 9.39. The fourth-order valence-corrected chi connectivity index (χ4v) is 5.00. The largest absolute Gasteiger partial charge is 0.454 e. The Morgan fingerprint density at radius 1 is 1.14 bits per heavy atom. The average Bonchev–Trinajstić information content (AvgIpc) is 3.53. The number of fused-ring (bicyclic) bond motifs is 2. The molecule has 2 aliphatic rings. The minimum absolute atomic E-state index is 0.00673. The van der Waals surface area contributed by atoms with E-state index >= 15 is 0 Å². The summed E-state index contributed by atoms with van der Waals surface area (Å²) in [6.07, 6.45) is 4.46. The molecule has 0 bridgehead atoms. The Kier molecular flexibility index (Phi) is 7.64. The van der Waals surface area contributed by atoms with Gasteiger partial charge in [0.05, 0.1) is 10.9 Å². The lowest BCUT2D eigenvalue weighted by atomic mass is 9.97. The Morgan fingerprint density at radius 2 is 1.89 bits per heavy atom. The molecule has 1 fully saturated rings. The lowest BCUT2D eigenvalue weighted by molar-refractivity contribution is -0.124. The number of amides is 2. The van der Waals surface area contributed by atoms with Crippen LogP contribution in [0.2, 0.25) is 0 Å². The molecule has 2 aromatic rings. The molecule has 9 nitrogen and oxygen atoms in total. The first-order chi connectivity index (χ1) is 16.9. The van der Waals surface area contributed by atoms with Crippen LogP contribution in [0, 0.1) is 5.92 Å². The van der Waals surface area contributed by atoms with Gasteiger partial charge in [0, 0.05) is 31.4 Å². The van der Waals surface area contributed by atoms with Crippen LogP contribution in [0.3, 0.4) is 0 Å². The van der Waals surface area contributed by atoms with Gasteiger partial charge in [-0.1, -0.05) is 27.2 Å². The molecular formula is C26H36N4O5. The topological polar surface area (TPSA) is 102 Å². The van der Waals surface area contributed by atoms with Gasteiger partial charge in [0.15, 0.2) is 11.5 Å². The Morgan fingerprint density at radius 3 is 2.57 bits per heavy atom. The summed E-state index contributed by atoms with van der Waals surface area (Å²) in [5.41, 5.74) is 0.284. The number of likely N-dealkylation sites (N-methyl/N-ethyl adjacent to an activating group) is 1. The van der Waals surface area contributed by atoms with Crippen LogP contribution >= 0.6 is 0 Å². The van der Waals surface area contributed by atoms with Gasteiger partial charge in [-0.25, -0.2) is 0 Å². The second-order valence-corrected chi connectivity index (χ2v) is 9.39. The highest BCUT2D eigenvalue weighted by Gasteiger charge is 2.30. The summed E-state index contributed by atoms with van der Waals surface area (Å²) in [7, 11) is 0. The number of carbonyl (C=O) groups excluding carboxylic acids is 2. The summed E-state index contributed by atoms with van der Waals surface area (Å²) in [5.74, 6) is 0.213. The zero-order valence-corrected chi connectivity index (χ0v) is 21.1.